The van der Waals surface area contributed by atoms with Gasteiger partial charge < -0.3 is 0 Å². The van der Waals surface area contributed by atoms with E-state index in [1.54, 1.807) is 24.3 Å². The van der Waals surface area contributed by atoms with Gasteiger partial charge in [0, 0.05) is 0 Å². The summed E-state index contributed by atoms with van der Waals surface area (Å²) in [6.07, 6.45) is 5.27. The zero-order chi connectivity index (χ0) is 21.3. The van der Waals surface area contributed by atoms with Crippen molar-refractivity contribution in [3.8, 4) is 0 Å². The van der Waals surface area contributed by atoms with E-state index in [9.17, 15) is 14.4 Å². The fraction of sp³-hybridized carbons (Fsp3) is 0.130. The van der Waals surface area contributed by atoms with Crippen LogP contribution in [0.15, 0.2) is 71.7 Å². The maximum Gasteiger partial charge on any atom is 0.266 e. The molecule has 2 aliphatic rings. The van der Waals surface area contributed by atoms with Gasteiger partial charge in [-0.1, -0.05) is 84.2 Å². The minimum absolute atomic E-state index is 0.0771. The smallest absolute Gasteiger partial charge is 0.266 e. The summed E-state index contributed by atoms with van der Waals surface area (Å²) in [4.78, 5) is 41.3. The van der Waals surface area contributed by atoms with Crippen molar-refractivity contribution in [2.24, 2.45) is 0 Å². The monoisotopic (exact) mass is 434 g/mol. The molecule has 0 aromatic heterocycles. The quantitative estimate of drug-likeness (QED) is 0.412. The summed E-state index contributed by atoms with van der Waals surface area (Å²) < 4.78 is 0.288. The number of anilines is 1. The van der Waals surface area contributed by atoms with Crippen molar-refractivity contribution in [2.75, 3.05) is 4.90 Å². The number of allylic oxidation sites excluding steroid dienone is 2. The number of hydrogen-bond acceptors (Lipinski definition) is 5. The molecule has 0 radical (unpaired) electrons. The van der Waals surface area contributed by atoms with Crippen LogP contribution < -0.4 is 4.90 Å². The molecule has 2 saturated heterocycles. The number of aryl methyl sites for hydroxylation is 1. The molecule has 0 N–H and O–H groups in total. The number of hydrogen-bond donors (Lipinski definition) is 0. The lowest BCUT2D eigenvalue weighted by Crippen LogP contribution is -2.44. The van der Waals surface area contributed by atoms with E-state index in [1.165, 1.54) is 4.90 Å². The van der Waals surface area contributed by atoms with Crippen LogP contribution in [0.1, 0.15) is 17.5 Å². The van der Waals surface area contributed by atoms with E-state index in [-0.39, 0.29) is 22.6 Å². The van der Waals surface area contributed by atoms with Crippen molar-refractivity contribution >= 4 is 57.8 Å². The molecule has 150 valence electrons. The first-order valence-electron chi connectivity index (χ1n) is 9.38. The molecule has 30 heavy (non-hydrogen) atoms. The van der Waals surface area contributed by atoms with Gasteiger partial charge in [-0.15, -0.1) is 0 Å². The maximum atomic E-state index is 13.0. The van der Waals surface area contributed by atoms with Gasteiger partial charge >= 0.3 is 0 Å². The van der Waals surface area contributed by atoms with E-state index in [1.807, 2.05) is 55.5 Å². The normalized spacial score (nSPS) is 21.0. The molecule has 4 rings (SSSR count). The summed E-state index contributed by atoms with van der Waals surface area (Å²) in [7, 11) is 0. The molecule has 0 bridgehead atoms. The van der Waals surface area contributed by atoms with Crippen LogP contribution in [-0.4, -0.2) is 33.0 Å². The third kappa shape index (κ3) is 3.86. The Morgan fingerprint density at radius 2 is 1.73 bits per heavy atom. The molecule has 1 unspecified atom stereocenters. The van der Waals surface area contributed by atoms with Gasteiger partial charge in [0.15, 0.2) is 0 Å². The van der Waals surface area contributed by atoms with Gasteiger partial charge in [-0.3, -0.25) is 19.3 Å². The lowest BCUT2D eigenvalue weighted by molar-refractivity contribution is -0.130. The van der Waals surface area contributed by atoms with Crippen LogP contribution in [0.5, 0.6) is 0 Å². The average Bonchev–Trinajstić information content (AvgIpc) is 3.18. The molecule has 0 aliphatic carbocycles. The Kier molecular flexibility index (Phi) is 5.65. The van der Waals surface area contributed by atoms with Crippen LogP contribution in [0, 0.1) is 6.92 Å². The second-order valence-electron chi connectivity index (χ2n) is 6.97. The number of carbonyl (C=O) groups excluding carboxylic acids is 3. The molecule has 2 aromatic rings. The molecule has 1 atom stereocenters. The first kappa shape index (κ1) is 20.3. The average molecular weight is 435 g/mol. The minimum atomic E-state index is -0.907. The Morgan fingerprint density at radius 3 is 2.43 bits per heavy atom. The fourth-order valence-corrected chi connectivity index (χ4v) is 4.66. The summed E-state index contributed by atoms with van der Waals surface area (Å²) in [5.74, 6) is -1.11. The van der Waals surface area contributed by atoms with Gasteiger partial charge in [-0.2, -0.15) is 0 Å². The molecule has 0 spiro atoms. The summed E-state index contributed by atoms with van der Waals surface area (Å²) >= 11 is 6.50. The zero-order valence-corrected chi connectivity index (χ0v) is 17.8. The van der Waals surface area contributed by atoms with Crippen molar-refractivity contribution in [2.45, 2.75) is 19.4 Å². The van der Waals surface area contributed by atoms with Gasteiger partial charge in [-0.25, -0.2) is 4.90 Å². The Labute approximate surface area is 184 Å². The number of rotatable bonds is 4. The molecular formula is C23H18N2O3S2. The number of carbonyl (C=O) groups is 3. The fourth-order valence-electron chi connectivity index (χ4n) is 3.36. The highest BCUT2D eigenvalue weighted by Gasteiger charge is 2.48. The van der Waals surface area contributed by atoms with Gasteiger partial charge in [0.1, 0.15) is 10.4 Å². The molecule has 7 heteroatoms. The molecule has 2 fully saturated rings. The third-order valence-corrected chi connectivity index (χ3v) is 6.23. The van der Waals surface area contributed by atoms with Gasteiger partial charge in [0.05, 0.1) is 17.0 Å². The SMILES string of the molecule is Cc1ccc(N2C(=O)CC(N3C(=O)C(=CC=Cc4ccccc4)SC3=S)C2=O)cc1. The maximum absolute atomic E-state index is 13.0. The van der Waals surface area contributed by atoms with E-state index in [0.717, 1.165) is 27.8 Å². The molecule has 0 saturated carbocycles. The molecule has 2 aromatic carbocycles. The zero-order valence-electron chi connectivity index (χ0n) is 16.1. The van der Waals surface area contributed by atoms with E-state index in [4.69, 9.17) is 12.2 Å². The molecule has 3 amide bonds. The number of thioether (sulfide) groups is 1. The number of imide groups is 1. The van der Waals surface area contributed by atoms with E-state index in [0.29, 0.717) is 10.6 Å². The summed E-state index contributed by atoms with van der Waals surface area (Å²) in [6, 6.07) is 15.9. The van der Waals surface area contributed by atoms with Crippen LogP contribution in [0.25, 0.3) is 6.08 Å². The topological polar surface area (TPSA) is 57.7 Å². The van der Waals surface area contributed by atoms with Crippen molar-refractivity contribution < 1.29 is 14.4 Å². The Balaban J connectivity index is 1.53. The molecule has 5 nitrogen and oxygen atoms in total. The summed E-state index contributed by atoms with van der Waals surface area (Å²) in [5.41, 5.74) is 2.54. The van der Waals surface area contributed by atoms with Crippen molar-refractivity contribution in [1.29, 1.82) is 0 Å². The standard InChI is InChI=1S/C23H18N2O3S2/c1-15-10-12-17(13-11-15)24-20(26)14-18(21(24)27)25-22(28)19(30-23(25)29)9-5-8-16-6-3-2-4-7-16/h2-13,18H,14H2,1H3. The number of benzene rings is 2. The lowest BCUT2D eigenvalue weighted by Gasteiger charge is -2.21. The molecular weight excluding hydrogens is 416 g/mol. The second kappa shape index (κ2) is 8.38. The van der Waals surface area contributed by atoms with E-state index < -0.39 is 11.9 Å². The predicted molar refractivity (Wildman–Crippen MR) is 123 cm³/mol. The third-order valence-electron chi connectivity index (χ3n) is 4.89. The highest BCUT2D eigenvalue weighted by atomic mass is 32.2. The number of thiocarbonyl (C=S) groups is 1. The van der Waals surface area contributed by atoms with Gasteiger partial charge in [0.2, 0.25) is 5.91 Å². The van der Waals surface area contributed by atoms with Crippen LogP contribution in [0.2, 0.25) is 0 Å². The number of amides is 3. The van der Waals surface area contributed by atoms with E-state index in [2.05, 4.69) is 0 Å². The highest BCUT2D eigenvalue weighted by Crippen LogP contribution is 2.36. The largest absolute Gasteiger partial charge is 0.280 e. The van der Waals surface area contributed by atoms with E-state index >= 15 is 0 Å². The van der Waals surface area contributed by atoms with Crippen LogP contribution in [0.3, 0.4) is 0 Å². The van der Waals surface area contributed by atoms with Crippen LogP contribution in [0.4, 0.5) is 5.69 Å². The number of nitrogens with zero attached hydrogens (tertiary/aromatic N) is 2. The first-order valence-corrected chi connectivity index (χ1v) is 10.6. The lowest BCUT2D eigenvalue weighted by atomic mass is 10.2. The predicted octanol–water partition coefficient (Wildman–Crippen LogP) is 4.08. The van der Waals surface area contributed by atoms with Crippen LogP contribution >= 0.6 is 24.0 Å². The summed E-state index contributed by atoms with van der Waals surface area (Å²) in [5, 5.41) is 0. The van der Waals surface area contributed by atoms with Crippen molar-refractivity contribution in [1.82, 2.24) is 4.90 Å². The van der Waals surface area contributed by atoms with Crippen LogP contribution in [-0.2, 0) is 14.4 Å². The van der Waals surface area contributed by atoms with Crippen molar-refractivity contribution in [3.63, 3.8) is 0 Å². The minimum Gasteiger partial charge on any atom is -0.280 e. The van der Waals surface area contributed by atoms with Gasteiger partial charge in [-0.05, 0) is 30.7 Å². The Hall–Kier alpha value is -3.03. The first-order chi connectivity index (χ1) is 14.5. The second-order valence-corrected chi connectivity index (χ2v) is 8.64. The Morgan fingerprint density at radius 1 is 1.03 bits per heavy atom. The van der Waals surface area contributed by atoms with Gasteiger partial charge in [0.25, 0.3) is 11.8 Å². The highest BCUT2D eigenvalue weighted by molar-refractivity contribution is 8.26. The molecule has 2 aliphatic heterocycles. The summed E-state index contributed by atoms with van der Waals surface area (Å²) in [6.45, 7) is 1.93. The van der Waals surface area contributed by atoms with Crippen molar-refractivity contribution in [3.05, 3.63) is 82.8 Å². The molecule has 2 heterocycles. The Bertz CT molecular complexity index is 1090.